The van der Waals surface area contributed by atoms with Gasteiger partial charge in [0.25, 0.3) is 0 Å². The fraction of sp³-hybridized carbons (Fsp3) is 0.714. The number of rotatable bonds is 5. The third-order valence-corrected chi connectivity index (χ3v) is 3.66. The maximum Gasteiger partial charge on any atom is 0.143 e. The summed E-state index contributed by atoms with van der Waals surface area (Å²) in [5.41, 5.74) is 0. The van der Waals surface area contributed by atoms with Gasteiger partial charge in [-0.2, -0.15) is 0 Å². The molecule has 17 heavy (non-hydrogen) atoms. The lowest BCUT2D eigenvalue weighted by Crippen LogP contribution is -2.21. The van der Waals surface area contributed by atoms with Crippen LogP contribution in [0.15, 0.2) is 12.4 Å². The molecule has 1 aliphatic carbocycles. The molecule has 0 unspecified atom stereocenters. The highest BCUT2D eigenvalue weighted by atomic mass is 16.1. The minimum absolute atomic E-state index is 0.301. The number of Topliss-reactive ketones (excluding diaryl/α,β-unsaturated/α-hetero) is 1. The van der Waals surface area contributed by atoms with Crippen molar-refractivity contribution in [2.24, 2.45) is 5.92 Å². The molecule has 0 spiro atoms. The topological polar surface area (TPSA) is 34.9 Å². The van der Waals surface area contributed by atoms with Gasteiger partial charge in [-0.15, -0.1) is 0 Å². The molecule has 1 heterocycles. The monoisotopic (exact) mass is 234 g/mol. The Hall–Kier alpha value is -1.12. The molecule has 0 N–H and O–H groups in total. The summed E-state index contributed by atoms with van der Waals surface area (Å²) in [6.07, 6.45) is 11.3. The van der Waals surface area contributed by atoms with Crippen LogP contribution in [0.5, 0.6) is 0 Å². The van der Waals surface area contributed by atoms with Gasteiger partial charge in [-0.1, -0.05) is 26.2 Å². The van der Waals surface area contributed by atoms with Gasteiger partial charge in [0.15, 0.2) is 0 Å². The van der Waals surface area contributed by atoms with E-state index in [1.54, 1.807) is 6.20 Å². The number of imidazole rings is 1. The van der Waals surface area contributed by atoms with E-state index in [0.29, 0.717) is 18.1 Å². The van der Waals surface area contributed by atoms with Gasteiger partial charge in [0.05, 0.1) is 6.42 Å². The quantitative estimate of drug-likeness (QED) is 0.785. The van der Waals surface area contributed by atoms with E-state index in [1.807, 2.05) is 6.20 Å². The van der Waals surface area contributed by atoms with Crippen molar-refractivity contribution in [3.63, 3.8) is 0 Å². The summed E-state index contributed by atoms with van der Waals surface area (Å²) >= 11 is 0. The van der Waals surface area contributed by atoms with Crippen molar-refractivity contribution in [3.05, 3.63) is 18.2 Å². The van der Waals surface area contributed by atoms with E-state index in [9.17, 15) is 4.79 Å². The van der Waals surface area contributed by atoms with Gasteiger partial charge in [0.1, 0.15) is 11.6 Å². The van der Waals surface area contributed by atoms with Crippen LogP contribution in [-0.4, -0.2) is 15.3 Å². The zero-order chi connectivity index (χ0) is 12.1. The van der Waals surface area contributed by atoms with Gasteiger partial charge in [0.2, 0.25) is 0 Å². The fourth-order valence-corrected chi connectivity index (χ4v) is 2.68. The molecule has 0 atom stereocenters. The predicted octanol–water partition coefficient (Wildman–Crippen LogP) is 2.99. The third kappa shape index (κ3) is 3.18. The molecule has 0 aromatic carbocycles. The van der Waals surface area contributed by atoms with Crippen molar-refractivity contribution in [1.29, 1.82) is 0 Å². The van der Waals surface area contributed by atoms with Gasteiger partial charge < -0.3 is 4.57 Å². The molecule has 3 nitrogen and oxygen atoms in total. The van der Waals surface area contributed by atoms with Crippen molar-refractivity contribution in [1.82, 2.24) is 9.55 Å². The molecule has 0 saturated heterocycles. The number of carbonyl (C=O) groups excluding carboxylic acids is 1. The molecule has 1 aromatic rings. The Balaban J connectivity index is 1.94. The van der Waals surface area contributed by atoms with Crippen LogP contribution in [0.3, 0.4) is 0 Å². The van der Waals surface area contributed by atoms with Crippen LogP contribution in [-0.2, 0) is 17.8 Å². The van der Waals surface area contributed by atoms with Gasteiger partial charge in [0, 0.05) is 24.9 Å². The van der Waals surface area contributed by atoms with E-state index in [4.69, 9.17) is 0 Å². The minimum Gasteiger partial charge on any atom is -0.335 e. The Morgan fingerprint density at radius 1 is 1.41 bits per heavy atom. The Morgan fingerprint density at radius 2 is 2.18 bits per heavy atom. The number of carbonyl (C=O) groups is 1. The maximum atomic E-state index is 12.2. The minimum atomic E-state index is 0.301. The first-order valence-electron chi connectivity index (χ1n) is 6.84. The molecule has 0 amide bonds. The lowest BCUT2D eigenvalue weighted by molar-refractivity contribution is -0.123. The number of hydrogen-bond acceptors (Lipinski definition) is 2. The molecule has 3 heteroatoms. The van der Waals surface area contributed by atoms with Crippen molar-refractivity contribution < 1.29 is 4.79 Å². The second kappa shape index (κ2) is 5.99. The van der Waals surface area contributed by atoms with Gasteiger partial charge in [-0.3, -0.25) is 4.79 Å². The average Bonchev–Trinajstić information content (AvgIpc) is 2.78. The zero-order valence-electron chi connectivity index (χ0n) is 10.7. The smallest absolute Gasteiger partial charge is 0.143 e. The first-order valence-corrected chi connectivity index (χ1v) is 6.84. The SMILES string of the molecule is CCCn1ccnc1CC(=O)C1CCCCC1. The molecule has 2 rings (SSSR count). The Bertz CT molecular complexity index is 364. The van der Waals surface area contributed by atoms with Crippen molar-refractivity contribution in [2.45, 2.75) is 58.4 Å². The summed E-state index contributed by atoms with van der Waals surface area (Å²) in [5.74, 6) is 1.64. The Kier molecular flexibility index (Phi) is 4.35. The first kappa shape index (κ1) is 12.3. The van der Waals surface area contributed by atoms with E-state index in [-0.39, 0.29) is 0 Å². The lowest BCUT2D eigenvalue weighted by Gasteiger charge is -2.20. The molecule has 0 aliphatic heterocycles. The van der Waals surface area contributed by atoms with Crippen LogP contribution >= 0.6 is 0 Å². The second-order valence-corrected chi connectivity index (χ2v) is 5.01. The van der Waals surface area contributed by atoms with Gasteiger partial charge in [-0.05, 0) is 19.3 Å². The number of ketones is 1. The van der Waals surface area contributed by atoms with E-state index < -0.39 is 0 Å². The van der Waals surface area contributed by atoms with Crippen LogP contribution in [0.1, 0.15) is 51.3 Å². The van der Waals surface area contributed by atoms with E-state index >= 15 is 0 Å². The normalized spacial score (nSPS) is 17.2. The standard InChI is InChI=1S/C14H22N2O/c1-2-9-16-10-8-15-14(16)11-13(17)12-6-4-3-5-7-12/h8,10,12H,2-7,9,11H2,1H3. The molecular weight excluding hydrogens is 212 g/mol. The molecular formula is C14H22N2O. The lowest BCUT2D eigenvalue weighted by atomic mass is 9.85. The second-order valence-electron chi connectivity index (χ2n) is 5.01. The Labute approximate surface area is 103 Å². The van der Waals surface area contributed by atoms with Crippen LogP contribution in [0.4, 0.5) is 0 Å². The van der Waals surface area contributed by atoms with Crippen LogP contribution in [0.25, 0.3) is 0 Å². The highest BCUT2D eigenvalue weighted by Gasteiger charge is 2.22. The molecule has 1 fully saturated rings. The molecule has 0 bridgehead atoms. The number of aromatic nitrogens is 2. The summed E-state index contributed by atoms with van der Waals surface area (Å²) in [4.78, 5) is 16.5. The highest BCUT2D eigenvalue weighted by molar-refractivity contribution is 5.82. The van der Waals surface area contributed by atoms with E-state index in [0.717, 1.165) is 31.6 Å². The molecule has 0 radical (unpaired) electrons. The maximum absolute atomic E-state index is 12.2. The predicted molar refractivity (Wildman–Crippen MR) is 67.8 cm³/mol. The van der Waals surface area contributed by atoms with E-state index in [2.05, 4.69) is 16.5 Å². The highest BCUT2D eigenvalue weighted by Crippen LogP contribution is 2.25. The number of nitrogens with zero attached hydrogens (tertiary/aromatic N) is 2. The summed E-state index contributed by atoms with van der Waals surface area (Å²) in [7, 11) is 0. The summed E-state index contributed by atoms with van der Waals surface area (Å²) in [6.45, 7) is 3.11. The molecule has 1 aliphatic rings. The largest absolute Gasteiger partial charge is 0.335 e. The third-order valence-electron chi connectivity index (χ3n) is 3.66. The van der Waals surface area contributed by atoms with Crippen LogP contribution in [0.2, 0.25) is 0 Å². The zero-order valence-corrected chi connectivity index (χ0v) is 10.7. The molecule has 1 aromatic heterocycles. The molecule has 94 valence electrons. The fourth-order valence-electron chi connectivity index (χ4n) is 2.68. The summed E-state index contributed by atoms with van der Waals surface area (Å²) in [5, 5.41) is 0. The van der Waals surface area contributed by atoms with Crippen LogP contribution < -0.4 is 0 Å². The average molecular weight is 234 g/mol. The Morgan fingerprint density at radius 3 is 2.88 bits per heavy atom. The number of aryl methyl sites for hydroxylation is 1. The van der Waals surface area contributed by atoms with E-state index in [1.165, 1.54) is 19.3 Å². The summed E-state index contributed by atoms with van der Waals surface area (Å²) in [6, 6.07) is 0. The van der Waals surface area contributed by atoms with Crippen LogP contribution in [0, 0.1) is 5.92 Å². The summed E-state index contributed by atoms with van der Waals surface area (Å²) < 4.78 is 2.11. The van der Waals surface area contributed by atoms with Gasteiger partial charge in [-0.25, -0.2) is 4.98 Å². The van der Waals surface area contributed by atoms with Crippen molar-refractivity contribution >= 4 is 5.78 Å². The van der Waals surface area contributed by atoms with Gasteiger partial charge >= 0.3 is 0 Å². The van der Waals surface area contributed by atoms with Crippen molar-refractivity contribution in [3.8, 4) is 0 Å². The molecule has 1 saturated carbocycles. The van der Waals surface area contributed by atoms with Crippen molar-refractivity contribution in [2.75, 3.05) is 0 Å². The first-order chi connectivity index (χ1) is 8.31. The number of hydrogen-bond donors (Lipinski definition) is 0.